The number of benzene rings is 2. The Bertz CT molecular complexity index is 971. The summed E-state index contributed by atoms with van der Waals surface area (Å²) in [6.07, 6.45) is 0. The number of aliphatic hydroxyl groups is 2. The minimum atomic E-state index is -0.845. The average molecular weight is 412 g/mol. The molecule has 0 bridgehead atoms. The third-order valence-electron chi connectivity index (χ3n) is 4.72. The normalized spacial score (nSPS) is 18.0. The standard InChI is InChI=1S/C21H20N2O7/c24-11-13-30-12-10-22-18(14-4-2-1-3-5-14)17(20(26)21(22)27)19(25)15-6-8-16(9-7-15)23(28)29/h1-9,18,24-25H,10-13H2/t18-/m1/s1. The first-order valence-corrected chi connectivity index (χ1v) is 9.22. The van der Waals surface area contributed by atoms with Gasteiger partial charge in [0.05, 0.1) is 36.4 Å². The molecule has 0 spiro atoms. The minimum absolute atomic E-state index is 0.0845. The smallest absolute Gasteiger partial charge is 0.295 e. The first kappa shape index (κ1) is 21.2. The molecule has 1 aliphatic rings. The molecule has 0 saturated carbocycles. The van der Waals surface area contributed by atoms with E-state index >= 15 is 0 Å². The van der Waals surface area contributed by atoms with Crippen LogP contribution in [0.25, 0.3) is 5.76 Å². The highest BCUT2D eigenvalue weighted by molar-refractivity contribution is 6.46. The van der Waals surface area contributed by atoms with Crippen molar-refractivity contribution >= 4 is 23.1 Å². The van der Waals surface area contributed by atoms with Gasteiger partial charge in [-0.2, -0.15) is 0 Å². The fourth-order valence-corrected chi connectivity index (χ4v) is 3.32. The van der Waals surface area contributed by atoms with Crippen LogP contribution in [0, 0.1) is 10.1 Å². The maximum absolute atomic E-state index is 12.8. The van der Waals surface area contributed by atoms with Crippen molar-refractivity contribution in [2.24, 2.45) is 0 Å². The zero-order valence-corrected chi connectivity index (χ0v) is 15.9. The Morgan fingerprint density at radius 2 is 1.73 bits per heavy atom. The summed E-state index contributed by atoms with van der Waals surface area (Å²) in [6, 6.07) is 13.0. The summed E-state index contributed by atoms with van der Waals surface area (Å²) in [5.74, 6) is -2.03. The van der Waals surface area contributed by atoms with Crippen LogP contribution in [0.3, 0.4) is 0 Å². The van der Waals surface area contributed by atoms with Gasteiger partial charge in [0.25, 0.3) is 17.4 Å². The van der Waals surface area contributed by atoms with Gasteiger partial charge in [0.15, 0.2) is 0 Å². The van der Waals surface area contributed by atoms with Gasteiger partial charge < -0.3 is 19.8 Å². The van der Waals surface area contributed by atoms with Gasteiger partial charge in [-0.15, -0.1) is 0 Å². The van der Waals surface area contributed by atoms with Gasteiger partial charge >= 0.3 is 0 Å². The van der Waals surface area contributed by atoms with Crippen molar-refractivity contribution in [3.63, 3.8) is 0 Å². The SMILES string of the molecule is O=C1C(=O)N(CCOCCO)[C@H](c2ccccc2)C1=C(O)c1ccc([N+](=O)[O-])cc1. The number of carbonyl (C=O) groups excluding carboxylic acids is 2. The monoisotopic (exact) mass is 412 g/mol. The zero-order chi connectivity index (χ0) is 21.7. The second-order valence-corrected chi connectivity index (χ2v) is 6.54. The first-order valence-electron chi connectivity index (χ1n) is 9.22. The predicted octanol–water partition coefficient (Wildman–Crippen LogP) is 2.03. The van der Waals surface area contributed by atoms with Crippen molar-refractivity contribution in [1.82, 2.24) is 4.90 Å². The first-order chi connectivity index (χ1) is 14.5. The summed E-state index contributed by atoms with van der Waals surface area (Å²) in [5, 5.41) is 30.5. The van der Waals surface area contributed by atoms with Gasteiger partial charge in [0, 0.05) is 24.2 Å². The number of aliphatic hydroxyl groups excluding tert-OH is 2. The minimum Gasteiger partial charge on any atom is -0.507 e. The number of amides is 1. The van der Waals surface area contributed by atoms with E-state index in [0.29, 0.717) is 5.56 Å². The lowest BCUT2D eigenvalue weighted by atomic mass is 9.95. The predicted molar refractivity (Wildman–Crippen MR) is 106 cm³/mol. The van der Waals surface area contributed by atoms with Crippen LogP contribution in [0.5, 0.6) is 0 Å². The second-order valence-electron chi connectivity index (χ2n) is 6.54. The highest BCUT2D eigenvalue weighted by Crippen LogP contribution is 2.39. The summed E-state index contributed by atoms with van der Waals surface area (Å²) < 4.78 is 5.23. The lowest BCUT2D eigenvalue weighted by Gasteiger charge is -2.25. The van der Waals surface area contributed by atoms with Gasteiger partial charge in [-0.05, 0) is 17.7 Å². The number of hydrogen-bond donors (Lipinski definition) is 2. The largest absolute Gasteiger partial charge is 0.507 e. The van der Waals surface area contributed by atoms with Crippen molar-refractivity contribution in [1.29, 1.82) is 0 Å². The average Bonchev–Trinajstić information content (AvgIpc) is 3.01. The fraction of sp³-hybridized carbons (Fsp3) is 0.238. The molecule has 0 unspecified atom stereocenters. The van der Waals surface area contributed by atoms with E-state index in [1.165, 1.54) is 29.2 Å². The number of nitrogens with zero attached hydrogens (tertiary/aromatic N) is 2. The van der Waals surface area contributed by atoms with Gasteiger partial charge in [0.1, 0.15) is 5.76 Å². The number of hydrogen-bond acceptors (Lipinski definition) is 7. The number of rotatable bonds is 8. The Labute approximate surface area is 172 Å². The van der Waals surface area contributed by atoms with Crippen LogP contribution in [0.15, 0.2) is 60.2 Å². The number of non-ortho nitro benzene ring substituents is 1. The number of Topliss-reactive ketones (excluding diaryl/α,β-unsaturated/α-hetero) is 1. The lowest BCUT2D eigenvalue weighted by molar-refractivity contribution is -0.384. The molecule has 156 valence electrons. The van der Waals surface area contributed by atoms with Crippen LogP contribution < -0.4 is 0 Å². The molecule has 9 heteroatoms. The number of nitro benzene ring substituents is 1. The molecule has 2 aromatic rings. The molecule has 3 rings (SSSR count). The van der Waals surface area contributed by atoms with E-state index in [4.69, 9.17) is 9.84 Å². The van der Waals surface area contributed by atoms with Crippen molar-refractivity contribution in [3.8, 4) is 0 Å². The number of ketones is 1. The molecule has 30 heavy (non-hydrogen) atoms. The van der Waals surface area contributed by atoms with E-state index in [2.05, 4.69) is 0 Å². The number of likely N-dealkylation sites (tertiary alicyclic amines) is 1. The summed E-state index contributed by atoms with van der Waals surface area (Å²) >= 11 is 0. The number of nitro groups is 1. The van der Waals surface area contributed by atoms with Crippen LogP contribution in [-0.2, 0) is 14.3 Å². The van der Waals surface area contributed by atoms with Crippen molar-refractivity contribution < 1.29 is 29.5 Å². The molecular weight excluding hydrogens is 392 g/mol. The Hall–Kier alpha value is -3.56. The topological polar surface area (TPSA) is 130 Å². The molecule has 1 saturated heterocycles. The third-order valence-corrected chi connectivity index (χ3v) is 4.72. The summed E-state index contributed by atoms with van der Waals surface area (Å²) in [7, 11) is 0. The summed E-state index contributed by atoms with van der Waals surface area (Å²) in [6.45, 7) is 0.124. The zero-order valence-electron chi connectivity index (χ0n) is 15.9. The van der Waals surface area contributed by atoms with Gasteiger partial charge in [-0.3, -0.25) is 19.7 Å². The summed E-state index contributed by atoms with van der Waals surface area (Å²) in [4.78, 5) is 37.1. The fourth-order valence-electron chi connectivity index (χ4n) is 3.32. The van der Waals surface area contributed by atoms with Crippen LogP contribution in [-0.4, -0.2) is 58.1 Å². The quantitative estimate of drug-likeness (QED) is 0.169. The van der Waals surface area contributed by atoms with E-state index in [-0.39, 0.29) is 43.2 Å². The molecule has 1 aliphatic heterocycles. The Morgan fingerprint density at radius 3 is 2.33 bits per heavy atom. The van der Waals surface area contributed by atoms with E-state index in [9.17, 15) is 24.8 Å². The van der Waals surface area contributed by atoms with Gasteiger partial charge in [-0.1, -0.05) is 30.3 Å². The van der Waals surface area contributed by atoms with Crippen molar-refractivity contribution in [2.45, 2.75) is 6.04 Å². The molecule has 9 nitrogen and oxygen atoms in total. The molecule has 1 heterocycles. The number of ether oxygens (including phenoxy) is 1. The van der Waals surface area contributed by atoms with E-state index in [0.717, 1.165) is 0 Å². The molecule has 1 atom stereocenters. The molecule has 0 aromatic heterocycles. The van der Waals surface area contributed by atoms with Crippen LogP contribution >= 0.6 is 0 Å². The maximum atomic E-state index is 12.8. The summed E-state index contributed by atoms with van der Waals surface area (Å²) in [5.41, 5.74) is 0.563. The van der Waals surface area contributed by atoms with Crippen LogP contribution in [0.2, 0.25) is 0 Å². The Balaban J connectivity index is 2.03. The Morgan fingerprint density at radius 1 is 1.07 bits per heavy atom. The van der Waals surface area contributed by atoms with Crippen molar-refractivity contribution in [2.75, 3.05) is 26.4 Å². The molecule has 1 amide bonds. The van der Waals surface area contributed by atoms with Crippen LogP contribution in [0.1, 0.15) is 17.2 Å². The van der Waals surface area contributed by atoms with Crippen LogP contribution in [0.4, 0.5) is 5.69 Å². The Kier molecular flexibility index (Phi) is 6.55. The van der Waals surface area contributed by atoms with E-state index in [1.807, 2.05) is 0 Å². The lowest BCUT2D eigenvalue weighted by Crippen LogP contribution is -2.33. The van der Waals surface area contributed by atoms with Gasteiger partial charge in [0.2, 0.25) is 0 Å². The highest BCUT2D eigenvalue weighted by Gasteiger charge is 2.45. The molecule has 2 aromatic carbocycles. The molecule has 0 radical (unpaired) electrons. The van der Waals surface area contributed by atoms with E-state index < -0.39 is 28.4 Å². The molecule has 2 N–H and O–H groups in total. The maximum Gasteiger partial charge on any atom is 0.295 e. The van der Waals surface area contributed by atoms with E-state index in [1.54, 1.807) is 30.3 Å². The molecular formula is C21H20N2O7. The molecule has 0 aliphatic carbocycles. The number of carbonyl (C=O) groups is 2. The highest BCUT2D eigenvalue weighted by atomic mass is 16.6. The van der Waals surface area contributed by atoms with Gasteiger partial charge in [-0.25, -0.2) is 0 Å². The second kappa shape index (κ2) is 9.29. The third kappa shape index (κ3) is 4.22. The van der Waals surface area contributed by atoms with Crippen molar-refractivity contribution in [3.05, 3.63) is 81.4 Å². The molecule has 1 fully saturated rings.